The molecule has 63 heavy (non-hydrogen) atoms. The molecule has 3 fully saturated rings. The molecule has 0 aromatic carbocycles. The summed E-state index contributed by atoms with van der Waals surface area (Å²) in [4.78, 5) is 63.1. The summed E-state index contributed by atoms with van der Waals surface area (Å²) >= 11 is 1.38. The highest BCUT2D eigenvalue weighted by molar-refractivity contribution is 7.13. The second-order valence-corrected chi connectivity index (χ2v) is 19.1. The molecule has 2 aromatic rings. The highest BCUT2D eigenvalue weighted by atomic mass is 32.1. The number of esters is 1. The van der Waals surface area contributed by atoms with E-state index in [2.05, 4.69) is 20.1 Å². The summed E-state index contributed by atoms with van der Waals surface area (Å²) in [6.45, 7) is 14.3. The summed E-state index contributed by atoms with van der Waals surface area (Å²) < 4.78 is 42.6. The number of rotatable bonds is 9. The van der Waals surface area contributed by atoms with Crippen molar-refractivity contribution in [2.45, 2.75) is 161 Å². The molecule has 2 aromatic heterocycles. The number of carbonyl (C=O) groups excluding carboxylic acids is 3. The molecular formula is C45H67FN6O10S. The smallest absolute Gasteiger partial charge is 0.351 e. The standard InChI is InChI=1S/C45H67FN6O10S/c1-12-33-45(9,57)30-18-17-28(51-59-22-29-23-63-40(48-29)31-15-14-16-34(47)49-31)21-58-43(7,20-24(3)36(26(30)5)50-35(53)13-2)39(27(6)38(55)44(8,46)42(56)61-33)62-41-37(54)32(52(10)11)19-25(4)60-41/h14-16,23-27,30,32-33,37,39,41,54,57H,12-13,17-22H2,1-11H3,(H2,47,49)/b50-36?,51-28+/t24-,25-,26-,27+,30-,32+,33-,37-,39-,41+,43-,44+,45+/m1/s1. The topological polar surface area (TPSA) is 218 Å². The van der Waals surface area contributed by atoms with Gasteiger partial charge in [0, 0.05) is 35.4 Å². The lowest BCUT2D eigenvalue weighted by molar-refractivity contribution is -0.296. The van der Waals surface area contributed by atoms with Crippen molar-refractivity contribution in [1.82, 2.24) is 14.9 Å². The van der Waals surface area contributed by atoms with E-state index in [1.54, 1.807) is 32.9 Å². The molecule has 0 unspecified atom stereocenters. The van der Waals surface area contributed by atoms with Crippen LogP contribution in [0.15, 0.2) is 33.7 Å². The van der Waals surface area contributed by atoms with Crippen molar-refractivity contribution in [3.8, 4) is 10.7 Å². The van der Waals surface area contributed by atoms with Gasteiger partial charge in [0.05, 0.1) is 35.8 Å². The third-order valence-electron chi connectivity index (χ3n) is 13.0. The molecule has 4 N–H and O–H groups in total. The number of Topliss-reactive ketones (excluding diaryl/α,β-unsaturated/α-hetero) is 1. The fourth-order valence-corrected chi connectivity index (χ4v) is 10.2. The molecule has 0 aliphatic carbocycles. The SMILES string of the molecule is CCC(=O)N=C1[C@H](C)C[C@@]2(C)OC/C(=N/OCc3csc(-c4cccc(N)n4)n3)CC[C@H]([C@H]1C)[C@](C)(O)[C@@H](CC)OC(=O)[C@@](C)(F)C(=O)[C@H](C)[C@H]2O[C@@H]1O[C@H](C)C[C@H](N(C)C)[C@H]1O. The fraction of sp³-hybridized carbons (Fsp3) is 0.711. The summed E-state index contributed by atoms with van der Waals surface area (Å²) in [5, 5.41) is 31.3. The third-order valence-corrected chi connectivity index (χ3v) is 13.9. The molecule has 18 heteroatoms. The largest absolute Gasteiger partial charge is 0.457 e. The Bertz CT molecular complexity index is 1990. The number of alkyl halides is 1. The minimum atomic E-state index is -3.19. The van der Waals surface area contributed by atoms with Gasteiger partial charge in [-0.25, -0.2) is 24.1 Å². The summed E-state index contributed by atoms with van der Waals surface area (Å²) in [5.41, 5.74) is 1.43. The van der Waals surface area contributed by atoms with E-state index in [-0.39, 0.29) is 57.3 Å². The van der Waals surface area contributed by atoms with Crippen molar-refractivity contribution in [1.29, 1.82) is 0 Å². The van der Waals surface area contributed by atoms with E-state index in [1.165, 1.54) is 25.2 Å². The number of carbonyl (C=O) groups is 3. The van der Waals surface area contributed by atoms with Gasteiger partial charge >= 0.3 is 5.97 Å². The number of amides is 1. The normalized spacial score (nSPS) is 37.6. The van der Waals surface area contributed by atoms with Gasteiger partial charge in [-0.15, -0.1) is 11.3 Å². The number of halogens is 1. The molecule has 3 saturated heterocycles. The number of nitrogen functional groups attached to an aromatic ring is 1. The number of fused-ring (bicyclic) bond motifs is 5. The van der Waals surface area contributed by atoms with Gasteiger partial charge in [-0.05, 0) is 97.9 Å². The summed E-state index contributed by atoms with van der Waals surface area (Å²) in [7, 11) is 3.65. The van der Waals surface area contributed by atoms with Gasteiger partial charge in [0.2, 0.25) is 5.91 Å². The minimum Gasteiger partial charge on any atom is -0.457 e. The number of aliphatic imine (C=N–C) groups is 1. The highest BCUT2D eigenvalue weighted by Gasteiger charge is 2.56. The predicted molar refractivity (Wildman–Crippen MR) is 237 cm³/mol. The van der Waals surface area contributed by atoms with Crippen LogP contribution in [-0.2, 0) is 44.8 Å². The maximum Gasteiger partial charge on any atom is 0.351 e. The van der Waals surface area contributed by atoms with Crippen molar-refractivity contribution in [3.05, 3.63) is 29.3 Å². The van der Waals surface area contributed by atoms with Crippen LogP contribution in [-0.4, -0.2) is 128 Å². The number of aromatic nitrogens is 2. The van der Waals surface area contributed by atoms with Crippen LogP contribution in [0.3, 0.4) is 0 Å². The lowest BCUT2D eigenvalue weighted by atomic mass is 9.68. The Morgan fingerprint density at radius 1 is 1.11 bits per heavy atom. The van der Waals surface area contributed by atoms with Crippen LogP contribution in [0.5, 0.6) is 0 Å². The summed E-state index contributed by atoms with van der Waals surface area (Å²) in [6, 6.07) is 4.90. The zero-order valence-electron chi connectivity index (χ0n) is 38.5. The number of pyridine rings is 1. The molecule has 350 valence electrons. The second-order valence-electron chi connectivity index (χ2n) is 18.3. The number of hydrogen-bond donors (Lipinski definition) is 3. The molecule has 0 saturated carbocycles. The Labute approximate surface area is 374 Å². The van der Waals surface area contributed by atoms with Gasteiger partial charge in [-0.1, -0.05) is 45.8 Å². The maximum absolute atomic E-state index is 17.0. The first-order chi connectivity index (χ1) is 29.5. The van der Waals surface area contributed by atoms with Crippen LogP contribution in [0.1, 0.15) is 107 Å². The van der Waals surface area contributed by atoms with Crippen LogP contribution in [0.4, 0.5) is 10.2 Å². The zero-order chi connectivity index (χ0) is 46.6. The van der Waals surface area contributed by atoms with Gasteiger partial charge in [0.1, 0.15) is 34.3 Å². The number of anilines is 1. The first kappa shape index (κ1) is 50.2. The molecular weight excluding hydrogens is 836 g/mol. The van der Waals surface area contributed by atoms with E-state index < -0.39 is 82.9 Å². The molecule has 1 amide bonds. The lowest BCUT2D eigenvalue weighted by Crippen LogP contribution is -2.61. The van der Waals surface area contributed by atoms with E-state index in [0.29, 0.717) is 40.1 Å². The second kappa shape index (κ2) is 20.6. The van der Waals surface area contributed by atoms with E-state index in [0.717, 1.165) is 6.92 Å². The van der Waals surface area contributed by atoms with Crippen molar-refractivity contribution in [2.75, 3.05) is 26.4 Å². The van der Waals surface area contributed by atoms with E-state index in [9.17, 15) is 24.6 Å². The average Bonchev–Trinajstić information content (AvgIpc) is 3.70. The number of aliphatic hydroxyl groups is 2. The number of ether oxygens (including phenoxy) is 4. The average molecular weight is 903 g/mol. The molecule has 5 rings (SSSR count). The Balaban J connectivity index is 1.67. The summed E-state index contributed by atoms with van der Waals surface area (Å²) in [6.07, 6.45) is -4.40. The van der Waals surface area contributed by atoms with Gasteiger partial charge in [-0.2, -0.15) is 0 Å². The molecule has 13 atom stereocenters. The molecule has 0 spiro atoms. The molecule has 0 radical (unpaired) electrons. The van der Waals surface area contributed by atoms with Crippen LogP contribution in [0, 0.1) is 23.7 Å². The first-order valence-corrected chi connectivity index (χ1v) is 22.8. The molecule has 3 aliphatic rings. The number of ketones is 1. The Morgan fingerprint density at radius 3 is 2.48 bits per heavy atom. The van der Waals surface area contributed by atoms with Crippen LogP contribution >= 0.6 is 11.3 Å². The number of thiazole rings is 1. The van der Waals surface area contributed by atoms with Gasteiger partial charge in [-0.3, -0.25) is 9.59 Å². The number of aliphatic hydroxyl groups excluding tert-OH is 1. The predicted octanol–water partition coefficient (Wildman–Crippen LogP) is 5.72. The number of cyclic esters (lactones) is 1. The molecule has 16 nitrogen and oxygen atoms in total. The number of hydrogen-bond acceptors (Lipinski definition) is 16. The van der Waals surface area contributed by atoms with Crippen LogP contribution in [0.2, 0.25) is 0 Å². The first-order valence-electron chi connectivity index (χ1n) is 22.0. The van der Waals surface area contributed by atoms with E-state index >= 15 is 4.39 Å². The highest BCUT2D eigenvalue weighted by Crippen LogP contribution is 2.43. The Morgan fingerprint density at radius 2 is 1.83 bits per heavy atom. The van der Waals surface area contributed by atoms with Crippen LogP contribution in [0.25, 0.3) is 10.7 Å². The van der Waals surface area contributed by atoms with E-state index in [4.69, 9.17) is 29.5 Å². The monoisotopic (exact) mass is 902 g/mol. The van der Waals surface area contributed by atoms with Gasteiger partial charge in [0.25, 0.3) is 5.67 Å². The number of nitrogens with two attached hydrogens (primary N) is 1. The quantitative estimate of drug-likeness (QED) is 0.156. The summed E-state index contributed by atoms with van der Waals surface area (Å²) in [5.74, 6) is -5.96. The van der Waals surface area contributed by atoms with Crippen LogP contribution < -0.4 is 5.73 Å². The third kappa shape index (κ3) is 11.4. The number of nitrogens with zero attached hydrogens (tertiary/aromatic N) is 5. The molecule has 3 aliphatic heterocycles. The Hall–Kier alpha value is -3.78. The minimum absolute atomic E-state index is 0.00749. The fourth-order valence-electron chi connectivity index (χ4n) is 9.42. The van der Waals surface area contributed by atoms with E-state index in [1.807, 2.05) is 51.2 Å². The van der Waals surface area contributed by atoms with Crippen molar-refractivity contribution in [2.24, 2.45) is 33.8 Å². The van der Waals surface area contributed by atoms with Crippen molar-refractivity contribution in [3.63, 3.8) is 0 Å². The zero-order valence-corrected chi connectivity index (χ0v) is 39.3. The Kier molecular flexibility index (Phi) is 16.4. The van der Waals surface area contributed by atoms with Crippen molar-refractivity contribution >= 4 is 46.2 Å². The van der Waals surface area contributed by atoms with Crippen molar-refractivity contribution < 1.29 is 52.8 Å². The lowest BCUT2D eigenvalue weighted by Gasteiger charge is -2.48. The number of oxime groups is 1. The number of likely N-dealkylation sites (N-methyl/N-ethyl adjacent to an activating group) is 1. The maximum atomic E-state index is 17.0. The van der Waals surface area contributed by atoms with Gasteiger partial charge in [0.15, 0.2) is 18.7 Å². The molecule has 2 bridgehead atoms. The molecule has 5 heterocycles. The van der Waals surface area contributed by atoms with Gasteiger partial charge < -0.3 is 44.6 Å².